The number of alkyl halides is 8. The first kappa shape index (κ1) is 42.8. The van der Waals surface area contributed by atoms with Gasteiger partial charge in [-0.1, -0.05) is 17.7 Å². The van der Waals surface area contributed by atoms with Crippen molar-refractivity contribution in [1.82, 2.24) is 19.6 Å². The van der Waals surface area contributed by atoms with Crippen LogP contribution in [0, 0.1) is 10.1 Å². The van der Waals surface area contributed by atoms with E-state index in [1.54, 1.807) is 11.6 Å². The monoisotopic (exact) mass is 844 g/mol. The van der Waals surface area contributed by atoms with Crippen molar-refractivity contribution in [2.75, 3.05) is 32.2 Å². The molecule has 302 valence electrons. The van der Waals surface area contributed by atoms with Crippen molar-refractivity contribution in [3.8, 4) is 34.8 Å². The SMILES string of the molecule is CCOc1cc(Oc2ccc(C(F)(F)F)cc2Cl)ccc1[N+](=O)[O-].COc1cnc(OC)n2nc(NS(=O)(=O)c3c(OCC(F)F)cccc3C(F)(F)F)nc12. The quantitative estimate of drug-likeness (QED) is 0.0686. The third kappa shape index (κ3) is 10.2. The molecule has 2 heterocycles. The van der Waals surface area contributed by atoms with Crippen molar-refractivity contribution >= 4 is 38.9 Å². The molecule has 3 aromatic carbocycles. The van der Waals surface area contributed by atoms with Crippen LogP contribution in [0.4, 0.5) is 46.8 Å². The van der Waals surface area contributed by atoms with Crippen molar-refractivity contribution < 1.29 is 72.1 Å². The first-order valence-electron chi connectivity index (χ1n) is 15.1. The predicted molar refractivity (Wildman–Crippen MR) is 178 cm³/mol. The molecule has 25 heteroatoms. The number of aromatic nitrogens is 4. The minimum atomic E-state index is -5.14. The zero-order valence-corrected chi connectivity index (χ0v) is 30.1. The second kappa shape index (κ2) is 17.3. The Hall–Kier alpha value is -5.91. The summed E-state index contributed by atoms with van der Waals surface area (Å²) >= 11 is 5.80. The van der Waals surface area contributed by atoms with Gasteiger partial charge in [0.25, 0.3) is 22.4 Å². The average molecular weight is 845 g/mol. The number of ether oxygens (including phenoxy) is 5. The maximum atomic E-state index is 13.5. The fourth-order valence-electron chi connectivity index (χ4n) is 4.48. The number of rotatable bonds is 13. The summed E-state index contributed by atoms with van der Waals surface area (Å²) < 4.78 is 157. The Morgan fingerprint density at radius 1 is 0.929 bits per heavy atom. The molecule has 0 amide bonds. The number of anilines is 1. The van der Waals surface area contributed by atoms with Crippen LogP contribution in [0.3, 0.4) is 0 Å². The molecule has 0 aliphatic carbocycles. The van der Waals surface area contributed by atoms with Gasteiger partial charge in [0.1, 0.15) is 28.8 Å². The average Bonchev–Trinajstić information content (AvgIpc) is 3.53. The van der Waals surface area contributed by atoms with Gasteiger partial charge in [0, 0.05) is 12.1 Å². The lowest BCUT2D eigenvalue weighted by atomic mass is 10.2. The molecule has 0 aliphatic rings. The molecule has 1 N–H and O–H groups in total. The van der Waals surface area contributed by atoms with Gasteiger partial charge in [-0.2, -0.15) is 40.8 Å². The Balaban J connectivity index is 0.000000259. The predicted octanol–water partition coefficient (Wildman–Crippen LogP) is 8.06. The summed E-state index contributed by atoms with van der Waals surface area (Å²) in [7, 11) is -2.56. The summed E-state index contributed by atoms with van der Waals surface area (Å²) in [5.74, 6) is -1.41. The number of methoxy groups -OCH3 is 2. The van der Waals surface area contributed by atoms with Gasteiger partial charge >= 0.3 is 24.1 Å². The maximum absolute atomic E-state index is 13.5. The smallest absolute Gasteiger partial charge is 0.417 e. The van der Waals surface area contributed by atoms with E-state index >= 15 is 0 Å². The van der Waals surface area contributed by atoms with Gasteiger partial charge in [0.15, 0.2) is 5.75 Å². The van der Waals surface area contributed by atoms with Crippen molar-refractivity contribution in [1.29, 1.82) is 0 Å². The molecule has 0 fully saturated rings. The van der Waals surface area contributed by atoms with Crippen LogP contribution in [0.25, 0.3) is 5.65 Å². The van der Waals surface area contributed by atoms with Crippen LogP contribution in [0.15, 0.2) is 65.7 Å². The summed E-state index contributed by atoms with van der Waals surface area (Å²) in [5, 5.41) is 14.5. The van der Waals surface area contributed by atoms with Gasteiger partial charge in [-0.05, 0) is 43.3 Å². The number of nitro benzene ring substituents is 1. The molecule has 0 saturated heterocycles. The van der Waals surface area contributed by atoms with E-state index in [-0.39, 0.29) is 52.0 Å². The molecule has 0 saturated carbocycles. The zero-order valence-electron chi connectivity index (χ0n) is 28.5. The molecule has 2 aromatic heterocycles. The molecule has 0 bridgehead atoms. The number of halogens is 9. The fourth-order valence-corrected chi connectivity index (χ4v) is 5.99. The number of benzene rings is 3. The second-order valence-electron chi connectivity index (χ2n) is 10.5. The van der Waals surface area contributed by atoms with Crippen LogP contribution in [0.1, 0.15) is 18.1 Å². The fraction of sp³-hybridized carbons (Fsp3) is 0.258. The van der Waals surface area contributed by atoms with Crippen LogP contribution in [0.2, 0.25) is 5.02 Å². The number of nitrogens with zero attached hydrogens (tertiary/aromatic N) is 5. The normalized spacial score (nSPS) is 11.8. The van der Waals surface area contributed by atoms with Gasteiger partial charge in [-0.3, -0.25) is 10.1 Å². The van der Waals surface area contributed by atoms with Gasteiger partial charge < -0.3 is 23.7 Å². The summed E-state index contributed by atoms with van der Waals surface area (Å²) in [6, 6.07) is 8.39. The van der Waals surface area contributed by atoms with Crippen molar-refractivity contribution in [3.63, 3.8) is 0 Å². The molecule has 5 rings (SSSR count). The summed E-state index contributed by atoms with van der Waals surface area (Å²) in [6.07, 6.45) is -11.5. The summed E-state index contributed by atoms with van der Waals surface area (Å²) in [5.41, 5.74) is -2.84. The Kier molecular flexibility index (Phi) is 13.2. The van der Waals surface area contributed by atoms with Gasteiger partial charge in [-0.25, -0.2) is 21.9 Å². The molecule has 56 heavy (non-hydrogen) atoms. The second-order valence-corrected chi connectivity index (χ2v) is 12.5. The number of hydrogen-bond donors (Lipinski definition) is 1. The highest BCUT2D eigenvalue weighted by atomic mass is 35.5. The van der Waals surface area contributed by atoms with E-state index in [1.807, 2.05) is 0 Å². The summed E-state index contributed by atoms with van der Waals surface area (Å²) in [6.45, 7) is 0.534. The molecule has 0 spiro atoms. The Morgan fingerprint density at radius 3 is 2.21 bits per heavy atom. The number of hydrogen-bond acceptors (Lipinski definition) is 12. The van der Waals surface area contributed by atoms with Crippen LogP contribution in [-0.4, -0.2) is 66.8 Å². The van der Waals surface area contributed by atoms with Crippen LogP contribution >= 0.6 is 11.6 Å². The van der Waals surface area contributed by atoms with E-state index < -0.39 is 68.1 Å². The number of fused-ring (bicyclic) bond motifs is 1. The number of nitrogens with one attached hydrogen (secondary N) is 1. The van der Waals surface area contributed by atoms with E-state index in [9.17, 15) is 53.7 Å². The third-order valence-electron chi connectivity index (χ3n) is 6.76. The van der Waals surface area contributed by atoms with Crippen molar-refractivity contribution in [2.24, 2.45) is 0 Å². The minimum Gasteiger partial charge on any atom is -0.491 e. The molecular weight excluding hydrogens is 820 g/mol. The zero-order chi connectivity index (χ0) is 41.6. The lowest BCUT2D eigenvalue weighted by Crippen LogP contribution is -2.21. The molecule has 0 radical (unpaired) electrons. The first-order chi connectivity index (χ1) is 26.2. The Labute approximate surface area is 314 Å². The molecule has 5 aromatic rings. The minimum absolute atomic E-state index is 0.0111. The first-order valence-corrected chi connectivity index (χ1v) is 17.0. The van der Waals surface area contributed by atoms with Gasteiger partial charge in [-0.15, -0.1) is 5.10 Å². The van der Waals surface area contributed by atoms with Crippen molar-refractivity contribution in [3.05, 3.63) is 87.1 Å². The van der Waals surface area contributed by atoms with E-state index in [1.165, 1.54) is 38.6 Å². The Bertz CT molecular complexity index is 2270. The molecular formula is C31H25ClF8N6O9S. The van der Waals surface area contributed by atoms with Crippen LogP contribution in [0.5, 0.6) is 34.8 Å². The Morgan fingerprint density at radius 2 is 1.64 bits per heavy atom. The van der Waals surface area contributed by atoms with Crippen molar-refractivity contribution in [2.45, 2.75) is 30.6 Å². The van der Waals surface area contributed by atoms with Crippen LogP contribution in [-0.2, 0) is 22.4 Å². The van der Waals surface area contributed by atoms with E-state index in [2.05, 4.69) is 19.8 Å². The number of sulfonamides is 1. The highest BCUT2D eigenvalue weighted by Gasteiger charge is 2.40. The maximum Gasteiger partial charge on any atom is 0.417 e. The van der Waals surface area contributed by atoms with Crippen LogP contribution < -0.4 is 28.4 Å². The van der Waals surface area contributed by atoms with Gasteiger partial charge in [0.2, 0.25) is 11.4 Å². The molecule has 0 atom stereocenters. The topological polar surface area (TPSA) is 179 Å². The molecule has 0 aliphatic heterocycles. The largest absolute Gasteiger partial charge is 0.491 e. The van der Waals surface area contributed by atoms with E-state index in [0.717, 1.165) is 34.8 Å². The standard InChI is InChI=1S/C16H14F5N5O5S.C15H11ClF3NO4/c1-29-10-6-22-15(30-2)26-13(10)23-14(24-26)25-32(27,28)12-8(16(19,20)21)4-3-5-9(12)31-7-11(17)18;1-2-23-14-8-10(4-5-12(14)20(21)22)24-13-6-3-9(7-11(13)16)15(17,18)19/h3-6,11H,7H2,1-2H3,(H,24,25);3-8H,2H2,1H3. The number of nitro groups is 1. The lowest BCUT2D eigenvalue weighted by molar-refractivity contribution is -0.385. The highest BCUT2D eigenvalue weighted by molar-refractivity contribution is 7.92. The van der Waals surface area contributed by atoms with E-state index in [0.29, 0.717) is 6.07 Å². The highest BCUT2D eigenvalue weighted by Crippen LogP contribution is 2.41. The van der Waals surface area contributed by atoms with Gasteiger partial charge in [0.05, 0.1) is 48.1 Å². The molecule has 15 nitrogen and oxygen atoms in total. The van der Waals surface area contributed by atoms with E-state index in [4.69, 9.17) is 30.5 Å². The third-order valence-corrected chi connectivity index (χ3v) is 8.47. The molecule has 0 unspecified atom stereocenters. The summed E-state index contributed by atoms with van der Waals surface area (Å²) in [4.78, 5) is 16.6. The lowest BCUT2D eigenvalue weighted by Gasteiger charge is -2.17.